The number of hydrogen-bond donors (Lipinski definition) is 1. The van der Waals surface area contributed by atoms with E-state index in [2.05, 4.69) is 17.4 Å². The third-order valence-corrected chi connectivity index (χ3v) is 6.49. The summed E-state index contributed by atoms with van der Waals surface area (Å²) in [6, 6.07) is 13.9. The van der Waals surface area contributed by atoms with Crippen molar-refractivity contribution in [1.82, 2.24) is 5.32 Å². The molecule has 1 amide bonds. The maximum atomic E-state index is 12.7. The average Bonchev–Trinajstić information content (AvgIpc) is 3.43. The fourth-order valence-corrected chi connectivity index (χ4v) is 4.71. The maximum Gasteiger partial charge on any atom is 0.339 e. The van der Waals surface area contributed by atoms with E-state index in [1.54, 1.807) is 6.07 Å². The molecule has 4 aromatic rings. The molecule has 1 atom stereocenters. The Morgan fingerprint density at radius 3 is 2.61 bits per heavy atom. The molecule has 2 aromatic carbocycles. The third kappa shape index (κ3) is 4.18. The van der Waals surface area contributed by atoms with Gasteiger partial charge in [-0.1, -0.05) is 30.3 Å². The minimum atomic E-state index is -0.405. The number of benzene rings is 2. The number of carbonyl (C=O) groups excluding carboxylic acids is 1. The Balaban J connectivity index is 1.45. The molecule has 1 aliphatic heterocycles. The van der Waals surface area contributed by atoms with Crippen LogP contribution in [0.3, 0.4) is 0 Å². The minimum absolute atomic E-state index is 0.0864. The predicted molar refractivity (Wildman–Crippen MR) is 127 cm³/mol. The second kappa shape index (κ2) is 8.87. The Bertz CT molecular complexity index is 1380. The van der Waals surface area contributed by atoms with Crippen LogP contribution in [0.5, 0.6) is 0 Å². The van der Waals surface area contributed by atoms with Crippen LogP contribution in [0.25, 0.3) is 33.1 Å². The van der Waals surface area contributed by atoms with Crippen molar-refractivity contribution in [3.63, 3.8) is 0 Å². The monoisotopic (exact) mass is 445 g/mol. The normalized spacial score (nSPS) is 16.0. The Morgan fingerprint density at radius 1 is 1.06 bits per heavy atom. The number of aryl methyl sites for hydroxylation is 2. The molecule has 6 heteroatoms. The van der Waals surface area contributed by atoms with Crippen LogP contribution in [0, 0.1) is 13.8 Å². The molecule has 3 heterocycles. The number of amides is 1. The highest BCUT2D eigenvalue weighted by Gasteiger charge is 2.19. The lowest BCUT2D eigenvalue weighted by Gasteiger charge is -2.11. The van der Waals surface area contributed by atoms with Gasteiger partial charge in [-0.25, -0.2) is 4.79 Å². The minimum Gasteiger partial charge on any atom is -0.461 e. The standard InChI is InChI=1S/C27H27NO5/c1-16-20(10-11-25(29)28-15-19-9-6-12-31-19)27(30)33-23-14-24-22(13-21(16)23)26(17(2)32-24)18-7-4-3-5-8-18/h3-5,7-8,13-14,19H,6,9-12,15H2,1-2H3,(H,28,29)/t19-/m1/s1. The van der Waals surface area contributed by atoms with Crippen LogP contribution in [-0.2, 0) is 16.0 Å². The molecule has 0 spiro atoms. The molecule has 6 nitrogen and oxygen atoms in total. The first-order valence-corrected chi connectivity index (χ1v) is 11.4. The summed E-state index contributed by atoms with van der Waals surface area (Å²) in [4.78, 5) is 25.0. The fraction of sp³-hybridized carbons (Fsp3) is 0.333. The van der Waals surface area contributed by atoms with Gasteiger partial charge in [-0.15, -0.1) is 0 Å². The van der Waals surface area contributed by atoms with Crippen LogP contribution in [0.15, 0.2) is 56.1 Å². The van der Waals surface area contributed by atoms with Gasteiger partial charge in [0.25, 0.3) is 0 Å². The van der Waals surface area contributed by atoms with Crippen molar-refractivity contribution in [2.75, 3.05) is 13.2 Å². The van der Waals surface area contributed by atoms with Gasteiger partial charge in [0.15, 0.2) is 0 Å². The molecule has 2 aromatic heterocycles. The Labute approximate surface area is 191 Å². The molecule has 1 N–H and O–H groups in total. The SMILES string of the molecule is Cc1oc2cc3oc(=O)c(CCC(=O)NC[C@H]4CCCO4)c(C)c3cc2c1-c1ccccc1. The van der Waals surface area contributed by atoms with E-state index in [9.17, 15) is 9.59 Å². The van der Waals surface area contributed by atoms with Crippen LogP contribution in [-0.4, -0.2) is 25.2 Å². The van der Waals surface area contributed by atoms with Crippen molar-refractivity contribution in [3.05, 3.63) is 69.8 Å². The Morgan fingerprint density at radius 2 is 1.85 bits per heavy atom. The highest BCUT2D eigenvalue weighted by Crippen LogP contribution is 2.37. The van der Waals surface area contributed by atoms with Gasteiger partial charge in [0.1, 0.15) is 16.9 Å². The van der Waals surface area contributed by atoms with Crippen molar-refractivity contribution < 1.29 is 18.4 Å². The van der Waals surface area contributed by atoms with E-state index >= 15 is 0 Å². The van der Waals surface area contributed by atoms with Gasteiger partial charge < -0.3 is 18.9 Å². The Kier molecular flexibility index (Phi) is 5.77. The van der Waals surface area contributed by atoms with Crippen molar-refractivity contribution in [1.29, 1.82) is 0 Å². The summed E-state index contributed by atoms with van der Waals surface area (Å²) in [5.74, 6) is 0.728. The third-order valence-electron chi connectivity index (χ3n) is 6.49. The fourth-order valence-electron chi connectivity index (χ4n) is 4.71. The number of ether oxygens (including phenoxy) is 1. The molecule has 1 fully saturated rings. The highest BCUT2D eigenvalue weighted by molar-refractivity contribution is 6.03. The lowest BCUT2D eigenvalue weighted by Crippen LogP contribution is -2.32. The van der Waals surface area contributed by atoms with E-state index in [1.807, 2.05) is 38.1 Å². The molecule has 0 radical (unpaired) electrons. The molecule has 0 saturated carbocycles. The predicted octanol–water partition coefficient (Wildman–Crippen LogP) is 5.05. The van der Waals surface area contributed by atoms with E-state index in [4.69, 9.17) is 13.6 Å². The Hall–Kier alpha value is -3.38. The first-order valence-electron chi connectivity index (χ1n) is 11.4. The largest absolute Gasteiger partial charge is 0.461 e. The van der Waals surface area contributed by atoms with Crippen LogP contribution < -0.4 is 10.9 Å². The summed E-state index contributed by atoms with van der Waals surface area (Å²) in [5.41, 5.74) is 4.26. The zero-order chi connectivity index (χ0) is 22.9. The van der Waals surface area contributed by atoms with Gasteiger partial charge in [-0.3, -0.25) is 4.79 Å². The second-order valence-corrected chi connectivity index (χ2v) is 8.68. The van der Waals surface area contributed by atoms with E-state index in [0.29, 0.717) is 29.7 Å². The number of hydrogen-bond acceptors (Lipinski definition) is 5. The molecule has 170 valence electrons. The number of fused-ring (bicyclic) bond motifs is 2. The van der Waals surface area contributed by atoms with Crippen molar-refractivity contribution >= 4 is 27.8 Å². The van der Waals surface area contributed by atoms with E-state index in [-0.39, 0.29) is 18.4 Å². The van der Waals surface area contributed by atoms with Crippen molar-refractivity contribution in [2.45, 2.75) is 45.6 Å². The van der Waals surface area contributed by atoms with Crippen LogP contribution >= 0.6 is 0 Å². The molecule has 0 bridgehead atoms. The molecule has 5 rings (SSSR count). The summed E-state index contributed by atoms with van der Waals surface area (Å²) in [6.07, 6.45) is 2.66. The quantitative estimate of drug-likeness (QED) is 0.420. The summed E-state index contributed by atoms with van der Waals surface area (Å²) in [7, 11) is 0. The van der Waals surface area contributed by atoms with Gasteiger partial charge in [0, 0.05) is 47.5 Å². The summed E-state index contributed by atoms with van der Waals surface area (Å²) < 4.78 is 17.2. The zero-order valence-corrected chi connectivity index (χ0v) is 18.9. The summed E-state index contributed by atoms with van der Waals surface area (Å²) >= 11 is 0. The molecule has 0 unspecified atom stereocenters. The number of nitrogens with one attached hydrogen (secondary N) is 1. The van der Waals surface area contributed by atoms with Gasteiger partial charge in [0.2, 0.25) is 5.91 Å². The lowest BCUT2D eigenvalue weighted by atomic mass is 9.98. The van der Waals surface area contributed by atoms with Crippen molar-refractivity contribution in [2.24, 2.45) is 0 Å². The van der Waals surface area contributed by atoms with Crippen LogP contribution in [0.2, 0.25) is 0 Å². The van der Waals surface area contributed by atoms with Crippen LogP contribution in [0.4, 0.5) is 0 Å². The molecular weight excluding hydrogens is 418 g/mol. The first-order chi connectivity index (χ1) is 16.0. The van der Waals surface area contributed by atoms with Gasteiger partial charge in [0.05, 0.1) is 6.10 Å². The van der Waals surface area contributed by atoms with Crippen molar-refractivity contribution in [3.8, 4) is 11.1 Å². The van der Waals surface area contributed by atoms with Crippen LogP contribution in [0.1, 0.15) is 36.1 Å². The number of rotatable bonds is 6. The zero-order valence-electron chi connectivity index (χ0n) is 18.9. The molecule has 1 aliphatic rings. The van der Waals surface area contributed by atoms with E-state index in [0.717, 1.165) is 52.7 Å². The first kappa shape index (κ1) is 21.5. The van der Waals surface area contributed by atoms with E-state index in [1.165, 1.54) is 0 Å². The second-order valence-electron chi connectivity index (χ2n) is 8.68. The molecule has 0 aliphatic carbocycles. The topological polar surface area (TPSA) is 81.7 Å². The molecular formula is C27H27NO5. The molecule has 1 saturated heterocycles. The van der Waals surface area contributed by atoms with Gasteiger partial charge in [-0.05, 0) is 50.3 Å². The van der Waals surface area contributed by atoms with Gasteiger partial charge >= 0.3 is 5.63 Å². The number of carbonyl (C=O) groups is 1. The van der Waals surface area contributed by atoms with E-state index < -0.39 is 5.63 Å². The smallest absolute Gasteiger partial charge is 0.339 e. The summed E-state index contributed by atoms with van der Waals surface area (Å²) in [5, 5.41) is 4.75. The number of furan rings is 1. The lowest BCUT2D eigenvalue weighted by molar-refractivity contribution is -0.121. The summed E-state index contributed by atoms with van der Waals surface area (Å²) in [6.45, 7) is 5.13. The maximum absolute atomic E-state index is 12.7. The van der Waals surface area contributed by atoms with Gasteiger partial charge in [-0.2, -0.15) is 0 Å². The average molecular weight is 446 g/mol. The highest BCUT2D eigenvalue weighted by atomic mass is 16.5. The molecule has 33 heavy (non-hydrogen) atoms.